The highest BCUT2D eigenvalue weighted by Gasteiger charge is 2.36. The molecule has 0 aliphatic carbocycles. The maximum atomic E-state index is 12.6. The van der Waals surface area contributed by atoms with E-state index in [9.17, 15) is 14.4 Å². The highest BCUT2D eigenvalue weighted by atomic mass is 16.5. The van der Waals surface area contributed by atoms with E-state index in [4.69, 9.17) is 8.94 Å². The molecule has 0 bridgehead atoms. The summed E-state index contributed by atoms with van der Waals surface area (Å²) in [6.45, 7) is 2.06. The van der Waals surface area contributed by atoms with Crippen LogP contribution >= 0.6 is 0 Å². The molecule has 0 saturated carbocycles. The molecule has 2 aromatic heterocycles. The number of carbonyl (C=O) groups is 3. The summed E-state index contributed by atoms with van der Waals surface area (Å²) < 4.78 is 10.2. The summed E-state index contributed by atoms with van der Waals surface area (Å²) in [4.78, 5) is 42.6. The molecule has 28 heavy (non-hydrogen) atoms. The van der Waals surface area contributed by atoms with Crippen molar-refractivity contribution >= 4 is 17.7 Å². The molecular formula is C19H16N4O5. The second kappa shape index (κ2) is 7.10. The number of benzene rings is 1. The van der Waals surface area contributed by atoms with E-state index in [0.29, 0.717) is 36.0 Å². The van der Waals surface area contributed by atoms with Crippen LogP contribution in [0.15, 0.2) is 45.5 Å². The Balaban J connectivity index is 1.44. The minimum atomic E-state index is -0.451. The summed E-state index contributed by atoms with van der Waals surface area (Å²) in [6.07, 6.45) is 1.87. The Bertz CT molecular complexity index is 1050. The Labute approximate surface area is 159 Å². The van der Waals surface area contributed by atoms with Gasteiger partial charge in [-0.1, -0.05) is 5.16 Å². The molecule has 1 N–H and O–H groups in total. The fraction of sp³-hybridized carbons (Fsp3) is 0.211. The minimum absolute atomic E-state index is 0.0461. The third-order valence-corrected chi connectivity index (χ3v) is 4.32. The lowest BCUT2D eigenvalue weighted by molar-refractivity contribution is 0.0631. The van der Waals surface area contributed by atoms with Crippen molar-refractivity contribution in [2.24, 2.45) is 0 Å². The number of hydrogen-bond donors (Lipinski definition) is 1. The van der Waals surface area contributed by atoms with Crippen LogP contribution < -0.4 is 5.32 Å². The number of nitrogens with one attached hydrogen (secondary N) is 1. The van der Waals surface area contributed by atoms with Gasteiger partial charge in [0.1, 0.15) is 5.76 Å². The van der Waals surface area contributed by atoms with E-state index in [1.807, 2.05) is 0 Å². The molecule has 0 fully saturated rings. The Morgan fingerprint density at radius 2 is 2.00 bits per heavy atom. The van der Waals surface area contributed by atoms with E-state index >= 15 is 0 Å². The van der Waals surface area contributed by atoms with Crippen molar-refractivity contribution in [1.82, 2.24) is 20.4 Å². The van der Waals surface area contributed by atoms with Crippen molar-refractivity contribution in [3.05, 3.63) is 70.8 Å². The first-order valence-electron chi connectivity index (χ1n) is 8.63. The topological polar surface area (TPSA) is 119 Å². The fourth-order valence-corrected chi connectivity index (χ4v) is 2.96. The van der Waals surface area contributed by atoms with Crippen LogP contribution in [0, 0.1) is 6.92 Å². The van der Waals surface area contributed by atoms with E-state index in [-0.39, 0.29) is 23.6 Å². The van der Waals surface area contributed by atoms with Gasteiger partial charge in [0.2, 0.25) is 5.89 Å². The van der Waals surface area contributed by atoms with E-state index in [2.05, 4.69) is 15.5 Å². The Morgan fingerprint density at radius 3 is 2.71 bits per heavy atom. The molecule has 3 amide bonds. The average Bonchev–Trinajstić information content (AvgIpc) is 3.40. The number of fused-ring (bicyclic) bond motifs is 1. The summed E-state index contributed by atoms with van der Waals surface area (Å²) in [5, 5.41) is 6.41. The summed E-state index contributed by atoms with van der Waals surface area (Å²) in [5.41, 5.74) is 0.771. The van der Waals surface area contributed by atoms with Crippen molar-refractivity contribution in [3.8, 4) is 0 Å². The van der Waals surface area contributed by atoms with Gasteiger partial charge in [0.25, 0.3) is 17.7 Å². The number of imide groups is 1. The maximum absolute atomic E-state index is 12.6. The molecule has 3 heterocycles. The van der Waals surface area contributed by atoms with E-state index < -0.39 is 11.8 Å². The van der Waals surface area contributed by atoms with E-state index in [1.54, 1.807) is 19.1 Å². The summed E-state index contributed by atoms with van der Waals surface area (Å²) in [7, 11) is 0. The fourth-order valence-electron chi connectivity index (χ4n) is 2.96. The normalized spacial score (nSPS) is 13.1. The third kappa shape index (κ3) is 3.29. The first kappa shape index (κ1) is 17.7. The lowest BCUT2D eigenvalue weighted by Crippen LogP contribution is -2.28. The van der Waals surface area contributed by atoms with Crippen LogP contribution in [0.1, 0.15) is 48.5 Å². The summed E-state index contributed by atoms with van der Waals surface area (Å²) >= 11 is 0. The van der Waals surface area contributed by atoms with Gasteiger partial charge < -0.3 is 14.3 Å². The molecule has 9 nitrogen and oxygen atoms in total. The van der Waals surface area contributed by atoms with Gasteiger partial charge in [0.15, 0.2) is 5.82 Å². The molecule has 3 aromatic rings. The van der Waals surface area contributed by atoms with Gasteiger partial charge >= 0.3 is 0 Å². The lowest BCUT2D eigenvalue weighted by atomic mass is 10.1. The van der Waals surface area contributed by atoms with Gasteiger partial charge in [-0.25, -0.2) is 0 Å². The molecule has 1 aliphatic heterocycles. The highest BCUT2D eigenvalue weighted by molar-refractivity contribution is 6.21. The zero-order chi connectivity index (χ0) is 19.7. The van der Waals surface area contributed by atoms with Gasteiger partial charge in [-0.05, 0) is 37.3 Å². The van der Waals surface area contributed by atoms with Crippen molar-refractivity contribution in [1.29, 1.82) is 0 Å². The number of furan rings is 1. The van der Waals surface area contributed by atoms with Crippen molar-refractivity contribution < 1.29 is 23.3 Å². The standard InChI is InChI=1S/C19H16N4O5/c1-11-21-16(28-22-11)6-7-20-17(24)12-4-5-14-15(9-12)19(26)23(18(14)25)10-13-3-2-8-27-13/h2-5,8-9H,6-7,10H2,1H3,(H,20,24). The molecule has 0 unspecified atom stereocenters. The predicted octanol–water partition coefficient (Wildman–Crippen LogP) is 1.74. The second-order valence-electron chi connectivity index (χ2n) is 6.28. The summed E-state index contributed by atoms with van der Waals surface area (Å²) in [6, 6.07) is 7.82. The van der Waals surface area contributed by atoms with Gasteiger partial charge in [-0.2, -0.15) is 4.98 Å². The zero-order valence-corrected chi connectivity index (χ0v) is 15.0. The van der Waals surface area contributed by atoms with Crippen LogP contribution in [0.5, 0.6) is 0 Å². The molecule has 1 aromatic carbocycles. The highest BCUT2D eigenvalue weighted by Crippen LogP contribution is 2.25. The smallest absolute Gasteiger partial charge is 0.261 e. The third-order valence-electron chi connectivity index (χ3n) is 4.32. The number of nitrogens with zero attached hydrogens (tertiary/aromatic N) is 3. The van der Waals surface area contributed by atoms with Crippen LogP contribution in [0.2, 0.25) is 0 Å². The molecule has 0 saturated heterocycles. The van der Waals surface area contributed by atoms with E-state index in [0.717, 1.165) is 4.90 Å². The van der Waals surface area contributed by atoms with Crippen LogP contribution in [0.3, 0.4) is 0 Å². The minimum Gasteiger partial charge on any atom is -0.467 e. The van der Waals surface area contributed by atoms with Crippen molar-refractivity contribution in [2.75, 3.05) is 6.54 Å². The number of hydrogen-bond acceptors (Lipinski definition) is 7. The van der Waals surface area contributed by atoms with Crippen LogP contribution in [0.25, 0.3) is 0 Å². The molecule has 9 heteroatoms. The largest absolute Gasteiger partial charge is 0.467 e. The van der Waals surface area contributed by atoms with Crippen molar-refractivity contribution in [2.45, 2.75) is 19.9 Å². The molecule has 1 aliphatic rings. The molecule has 0 radical (unpaired) electrons. The van der Waals surface area contributed by atoms with Crippen LogP contribution in [-0.4, -0.2) is 39.3 Å². The van der Waals surface area contributed by atoms with Gasteiger partial charge in [0.05, 0.1) is 23.9 Å². The SMILES string of the molecule is Cc1noc(CCNC(=O)c2ccc3c(c2)C(=O)N(Cc2ccco2)C3=O)n1. The molecular weight excluding hydrogens is 364 g/mol. The Hall–Kier alpha value is -3.75. The van der Waals surface area contributed by atoms with Gasteiger partial charge in [0, 0.05) is 18.5 Å². The van der Waals surface area contributed by atoms with Crippen LogP contribution in [-0.2, 0) is 13.0 Å². The zero-order valence-electron chi connectivity index (χ0n) is 15.0. The number of rotatable bonds is 6. The first-order chi connectivity index (χ1) is 13.5. The average molecular weight is 380 g/mol. The number of carbonyl (C=O) groups excluding carboxylic acids is 3. The maximum Gasteiger partial charge on any atom is 0.261 e. The van der Waals surface area contributed by atoms with E-state index in [1.165, 1.54) is 24.5 Å². The van der Waals surface area contributed by atoms with Gasteiger partial charge in [-0.15, -0.1) is 0 Å². The predicted molar refractivity (Wildman–Crippen MR) is 94.4 cm³/mol. The second-order valence-corrected chi connectivity index (χ2v) is 6.28. The number of aromatic nitrogens is 2. The monoisotopic (exact) mass is 380 g/mol. The molecule has 142 valence electrons. The first-order valence-corrected chi connectivity index (χ1v) is 8.63. The Morgan fingerprint density at radius 1 is 1.18 bits per heavy atom. The van der Waals surface area contributed by atoms with Crippen molar-refractivity contribution in [3.63, 3.8) is 0 Å². The number of amides is 3. The molecule has 4 rings (SSSR count). The molecule has 0 atom stereocenters. The number of aryl methyl sites for hydroxylation is 1. The summed E-state index contributed by atoms with van der Waals surface area (Å²) in [5.74, 6) is 0.248. The molecule has 0 spiro atoms. The quantitative estimate of drug-likeness (QED) is 0.647. The van der Waals surface area contributed by atoms with Crippen LogP contribution in [0.4, 0.5) is 0 Å². The Kier molecular flexibility index (Phi) is 4.48. The van der Waals surface area contributed by atoms with Gasteiger partial charge in [-0.3, -0.25) is 19.3 Å². The lowest BCUT2D eigenvalue weighted by Gasteiger charge is -2.11.